The van der Waals surface area contributed by atoms with Gasteiger partial charge in [-0.05, 0) is 12.5 Å². The van der Waals surface area contributed by atoms with Gasteiger partial charge in [0, 0.05) is 6.20 Å². The highest BCUT2D eigenvalue weighted by atomic mass is 16.3. The van der Waals surface area contributed by atoms with Crippen LogP contribution in [0.25, 0.3) is 0 Å². The molecular formula is C9H13NO. The minimum absolute atomic E-state index is 0.155. The zero-order valence-corrected chi connectivity index (χ0v) is 6.75. The first-order chi connectivity index (χ1) is 5.26. The van der Waals surface area contributed by atoms with Crippen LogP contribution in [-0.2, 0) is 0 Å². The average molecular weight is 151 g/mol. The van der Waals surface area contributed by atoms with Crippen LogP contribution in [0.1, 0.15) is 13.3 Å². The molecule has 0 unspecified atom stereocenters. The first-order valence-electron chi connectivity index (χ1n) is 3.45. The molecule has 0 heterocycles. The van der Waals surface area contributed by atoms with E-state index in [2.05, 4.69) is 18.2 Å². The lowest BCUT2D eigenvalue weighted by Gasteiger charge is -1.98. The first kappa shape index (κ1) is 9.69. The summed E-state index contributed by atoms with van der Waals surface area (Å²) in [5, 5.41) is 9.25. The van der Waals surface area contributed by atoms with E-state index in [1.54, 1.807) is 0 Å². The van der Waals surface area contributed by atoms with E-state index >= 15 is 0 Å². The van der Waals surface area contributed by atoms with E-state index in [1.165, 1.54) is 18.4 Å². The summed E-state index contributed by atoms with van der Waals surface area (Å²) >= 11 is 0. The SMILES string of the molecule is C=C/C=C(/O)C(CC)=NC=C. The summed E-state index contributed by atoms with van der Waals surface area (Å²) in [7, 11) is 0. The van der Waals surface area contributed by atoms with Gasteiger partial charge in [0.1, 0.15) is 5.76 Å². The number of rotatable bonds is 4. The van der Waals surface area contributed by atoms with E-state index in [0.29, 0.717) is 12.1 Å². The summed E-state index contributed by atoms with van der Waals surface area (Å²) in [6.45, 7) is 8.81. The lowest BCUT2D eigenvalue weighted by Crippen LogP contribution is -1.99. The largest absolute Gasteiger partial charge is 0.506 e. The fraction of sp³-hybridized carbons (Fsp3) is 0.222. The third-order valence-corrected chi connectivity index (χ3v) is 1.15. The van der Waals surface area contributed by atoms with Gasteiger partial charge in [-0.2, -0.15) is 0 Å². The molecule has 0 aromatic carbocycles. The van der Waals surface area contributed by atoms with Crippen molar-refractivity contribution in [2.45, 2.75) is 13.3 Å². The molecule has 0 saturated heterocycles. The highest BCUT2D eigenvalue weighted by molar-refractivity contribution is 5.98. The Labute approximate surface area is 67.3 Å². The molecule has 0 aromatic rings. The summed E-state index contributed by atoms with van der Waals surface area (Å²) in [5.74, 6) is 0.155. The minimum Gasteiger partial charge on any atom is -0.506 e. The normalized spacial score (nSPS) is 12.8. The van der Waals surface area contributed by atoms with E-state index in [4.69, 9.17) is 0 Å². The summed E-state index contributed by atoms with van der Waals surface area (Å²) in [4.78, 5) is 3.88. The topological polar surface area (TPSA) is 32.6 Å². The molecular weight excluding hydrogens is 138 g/mol. The number of allylic oxidation sites excluding steroid dienone is 3. The molecule has 1 N–H and O–H groups in total. The second kappa shape index (κ2) is 5.47. The quantitative estimate of drug-likeness (QED) is 0.374. The van der Waals surface area contributed by atoms with E-state index in [0.717, 1.165) is 0 Å². The number of aliphatic hydroxyl groups excluding tert-OH is 1. The van der Waals surface area contributed by atoms with Crippen molar-refractivity contribution in [1.29, 1.82) is 0 Å². The van der Waals surface area contributed by atoms with Crippen molar-refractivity contribution in [1.82, 2.24) is 0 Å². The molecule has 0 aromatic heterocycles. The lowest BCUT2D eigenvalue weighted by atomic mass is 10.2. The highest BCUT2D eigenvalue weighted by Gasteiger charge is 1.98. The van der Waals surface area contributed by atoms with Crippen LogP contribution in [0.4, 0.5) is 0 Å². The van der Waals surface area contributed by atoms with Gasteiger partial charge in [0.25, 0.3) is 0 Å². The average Bonchev–Trinajstić information content (AvgIpc) is 2.00. The molecule has 0 aliphatic rings. The van der Waals surface area contributed by atoms with Gasteiger partial charge in [-0.1, -0.05) is 26.2 Å². The number of aliphatic hydroxyl groups is 1. The van der Waals surface area contributed by atoms with Crippen LogP contribution >= 0.6 is 0 Å². The van der Waals surface area contributed by atoms with Crippen LogP contribution in [0.3, 0.4) is 0 Å². The minimum atomic E-state index is 0.155. The Morgan fingerprint density at radius 2 is 2.18 bits per heavy atom. The van der Waals surface area contributed by atoms with Crippen LogP contribution in [0.15, 0.2) is 42.3 Å². The van der Waals surface area contributed by atoms with Gasteiger partial charge in [-0.15, -0.1) is 0 Å². The Morgan fingerprint density at radius 1 is 1.55 bits per heavy atom. The van der Waals surface area contributed by atoms with E-state index in [-0.39, 0.29) is 5.76 Å². The molecule has 0 amide bonds. The fourth-order valence-corrected chi connectivity index (χ4v) is 0.657. The van der Waals surface area contributed by atoms with Crippen LogP contribution in [0.5, 0.6) is 0 Å². The fourth-order valence-electron chi connectivity index (χ4n) is 0.657. The summed E-state index contributed by atoms with van der Waals surface area (Å²) in [5.41, 5.74) is 0.625. The van der Waals surface area contributed by atoms with Crippen molar-refractivity contribution < 1.29 is 5.11 Å². The number of hydrogen-bond donors (Lipinski definition) is 1. The number of hydrogen-bond acceptors (Lipinski definition) is 2. The molecule has 0 spiro atoms. The molecule has 0 aliphatic carbocycles. The van der Waals surface area contributed by atoms with Gasteiger partial charge < -0.3 is 5.11 Å². The maximum absolute atomic E-state index is 9.25. The molecule has 0 fully saturated rings. The molecule has 0 radical (unpaired) electrons. The van der Waals surface area contributed by atoms with Crippen LogP contribution in [0.2, 0.25) is 0 Å². The van der Waals surface area contributed by atoms with E-state index < -0.39 is 0 Å². The highest BCUT2D eigenvalue weighted by Crippen LogP contribution is 1.98. The molecule has 0 rings (SSSR count). The maximum Gasteiger partial charge on any atom is 0.136 e. The molecule has 2 nitrogen and oxygen atoms in total. The van der Waals surface area contributed by atoms with Crippen molar-refractivity contribution in [3.05, 3.63) is 37.3 Å². The zero-order valence-electron chi connectivity index (χ0n) is 6.75. The van der Waals surface area contributed by atoms with Crippen LogP contribution in [0, 0.1) is 0 Å². The summed E-state index contributed by atoms with van der Waals surface area (Å²) in [6, 6.07) is 0. The van der Waals surface area contributed by atoms with Gasteiger partial charge in [-0.3, -0.25) is 4.99 Å². The standard InChI is InChI=1S/C9H13NO/c1-4-7-9(11)8(5-2)10-6-3/h4,6-7,11H,1,3,5H2,2H3/b9-7+,10-8?. The van der Waals surface area contributed by atoms with Gasteiger partial charge in [-0.25, -0.2) is 0 Å². The molecule has 0 saturated carbocycles. The monoisotopic (exact) mass is 151 g/mol. The van der Waals surface area contributed by atoms with Crippen molar-refractivity contribution in [2.24, 2.45) is 4.99 Å². The van der Waals surface area contributed by atoms with Gasteiger partial charge in [0.15, 0.2) is 0 Å². The Kier molecular flexibility index (Phi) is 4.82. The van der Waals surface area contributed by atoms with Crippen molar-refractivity contribution in [3.8, 4) is 0 Å². The molecule has 60 valence electrons. The predicted octanol–water partition coefficient (Wildman–Crippen LogP) is 2.61. The number of nitrogens with zero attached hydrogens (tertiary/aromatic N) is 1. The molecule has 0 bridgehead atoms. The Balaban J connectivity index is 4.49. The molecule has 0 atom stereocenters. The smallest absolute Gasteiger partial charge is 0.136 e. The maximum atomic E-state index is 9.25. The third-order valence-electron chi connectivity index (χ3n) is 1.15. The van der Waals surface area contributed by atoms with Gasteiger partial charge >= 0.3 is 0 Å². The van der Waals surface area contributed by atoms with Crippen LogP contribution in [-0.4, -0.2) is 10.8 Å². The van der Waals surface area contributed by atoms with E-state index in [9.17, 15) is 5.11 Å². The van der Waals surface area contributed by atoms with E-state index in [1.807, 2.05) is 6.92 Å². The van der Waals surface area contributed by atoms with Crippen molar-refractivity contribution >= 4 is 5.71 Å². The third kappa shape index (κ3) is 3.40. The second-order valence-corrected chi connectivity index (χ2v) is 1.90. The predicted molar refractivity (Wildman–Crippen MR) is 48.8 cm³/mol. The number of aliphatic imine (C=N–C) groups is 1. The lowest BCUT2D eigenvalue weighted by molar-refractivity contribution is 0.441. The molecule has 2 heteroatoms. The Hall–Kier alpha value is -1.31. The van der Waals surface area contributed by atoms with Gasteiger partial charge in [0.05, 0.1) is 5.71 Å². The van der Waals surface area contributed by atoms with Gasteiger partial charge in [0.2, 0.25) is 0 Å². The zero-order chi connectivity index (χ0) is 8.69. The first-order valence-corrected chi connectivity index (χ1v) is 3.45. The summed E-state index contributed by atoms with van der Waals surface area (Å²) < 4.78 is 0. The van der Waals surface area contributed by atoms with Crippen molar-refractivity contribution in [3.63, 3.8) is 0 Å². The van der Waals surface area contributed by atoms with Crippen molar-refractivity contribution in [2.75, 3.05) is 0 Å². The second-order valence-electron chi connectivity index (χ2n) is 1.90. The molecule has 11 heavy (non-hydrogen) atoms. The molecule has 0 aliphatic heterocycles. The summed E-state index contributed by atoms with van der Waals surface area (Å²) in [6.07, 6.45) is 5.11. The Morgan fingerprint density at radius 3 is 2.55 bits per heavy atom. The van der Waals surface area contributed by atoms with Crippen LogP contribution < -0.4 is 0 Å². The Bertz CT molecular complexity index is 202.